The topological polar surface area (TPSA) is 80.9 Å². The van der Waals surface area contributed by atoms with Crippen molar-refractivity contribution < 1.29 is 5.11 Å². The second kappa shape index (κ2) is 6.01. The van der Waals surface area contributed by atoms with Crippen LogP contribution in [0.5, 0.6) is 0 Å². The van der Waals surface area contributed by atoms with Crippen molar-refractivity contribution in [2.45, 2.75) is 26.7 Å². The summed E-state index contributed by atoms with van der Waals surface area (Å²) in [4.78, 5) is 16.8. The smallest absolute Gasteiger partial charge is 0.323 e. The molecule has 0 atom stereocenters. The van der Waals surface area contributed by atoms with E-state index in [1.807, 2.05) is 12.1 Å². The number of H-pyrrole nitrogens is 2. The van der Waals surface area contributed by atoms with Crippen LogP contribution < -0.4 is 11.0 Å². The molecular weight excluding hydrogens is 322 g/mol. The number of anilines is 1. The molecule has 4 N–H and O–H groups in total. The van der Waals surface area contributed by atoms with E-state index in [9.17, 15) is 9.90 Å². The highest BCUT2D eigenvalue weighted by Crippen LogP contribution is 2.30. The molecule has 2 rings (SSSR count). The van der Waals surface area contributed by atoms with Crippen molar-refractivity contribution in [1.82, 2.24) is 9.97 Å². The highest BCUT2D eigenvalue weighted by atomic mass is 79.9. The molecule has 6 heteroatoms. The van der Waals surface area contributed by atoms with Crippen LogP contribution in [0.25, 0.3) is 11.0 Å². The minimum atomic E-state index is -0.212. The summed E-state index contributed by atoms with van der Waals surface area (Å²) in [5.41, 5.74) is 2.12. The Morgan fingerprint density at radius 3 is 2.40 bits per heavy atom. The van der Waals surface area contributed by atoms with Crippen molar-refractivity contribution in [3.05, 3.63) is 27.1 Å². The number of benzene rings is 1. The van der Waals surface area contributed by atoms with Crippen molar-refractivity contribution in [1.29, 1.82) is 0 Å². The molecule has 0 radical (unpaired) electrons. The van der Waals surface area contributed by atoms with Crippen LogP contribution in [0.2, 0.25) is 0 Å². The molecule has 110 valence electrons. The van der Waals surface area contributed by atoms with Gasteiger partial charge in [-0.25, -0.2) is 4.79 Å². The van der Waals surface area contributed by atoms with E-state index >= 15 is 0 Å². The number of aromatic nitrogens is 2. The SMILES string of the molecule is CCC(CC)(CO)CNc1cc2[nH]c(=O)[nH]c2cc1Br. The normalized spacial score (nSPS) is 12.0. The first-order chi connectivity index (χ1) is 9.53. The Morgan fingerprint density at radius 1 is 1.25 bits per heavy atom. The summed E-state index contributed by atoms with van der Waals surface area (Å²) >= 11 is 3.50. The molecule has 0 amide bonds. The quantitative estimate of drug-likeness (QED) is 0.652. The monoisotopic (exact) mass is 341 g/mol. The first-order valence-electron chi connectivity index (χ1n) is 6.80. The van der Waals surface area contributed by atoms with E-state index in [0.29, 0.717) is 6.54 Å². The number of halogens is 1. The molecule has 0 saturated carbocycles. The first-order valence-corrected chi connectivity index (χ1v) is 7.59. The molecule has 0 spiro atoms. The van der Waals surface area contributed by atoms with Gasteiger partial charge in [0.15, 0.2) is 0 Å². The van der Waals surface area contributed by atoms with Crippen LogP contribution in [-0.4, -0.2) is 28.2 Å². The number of rotatable bonds is 6. The Hall–Kier alpha value is -1.27. The Morgan fingerprint density at radius 2 is 1.85 bits per heavy atom. The summed E-state index contributed by atoms with van der Waals surface area (Å²) in [7, 11) is 0. The summed E-state index contributed by atoms with van der Waals surface area (Å²) < 4.78 is 0.888. The van der Waals surface area contributed by atoms with Gasteiger partial charge in [-0.3, -0.25) is 0 Å². The molecule has 5 nitrogen and oxygen atoms in total. The molecule has 0 fully saturated rings. The van der Waals surface area contributed by atoms with E-state index in [2.05, 4.69) is 45.1 Å². The van der Waals surface area contributed by atoms with Gasteiger partial charge in [-0.1, -0.05) is 13.8 Å². The maximum Gasteiger partial charge on any atom is 0.323 e. The number of fused-ring (bicyclic) bond motifs is 1. The summed E-state index contributed by atoms with van der Waals surface area (Å²) in [6.07, 6.45) is 1.82. The Labute approximate surface area is 125 Å². The van der Waals surface area contributed by atoms with Gasteiger partial charge in [0.05, 0.1) is 23.3 Å². The average Bonchev–Trinajstić information content (AvgIpc) is 2.80. The molecule has 0 bridgehead atoms. The average molecular weight is 342 g/mol. The molecule has 0 aliphatic carbocycles. The largest absolute Gasteiger partial charge is 0.396 e. The predicted octanol–water partition coefficient (Wildman–Crippen LogP) is 2.83. The van der Waals surface area contributed by atoms with Gasteiger partial charge in [0, 0.05) is 16.4 Å². The Bertz CT molecular complexity index is 635. The fourth-order valence-corrected chi connectivity index (χ4v) is 2.74. The third-order valence-corrected chi connectivity index (χ3v) is 4.75. The number of aliphatic hydroxyl groups is 1. The maximum atomic E-state index is 11.3. The molecule has 1 aromatic heterocycles. The van der Waals surface area contributed by atoms with Gasteiger partial charge in [0.25, 0.3) is 0 Å². The van der Waals surface area contributed by atoms with Crippen molar-refractivity contribution in [3.8, 4) is 0 Å². The number of hydrogen-bond acceptors (Lipinski definition) is 3. The lowest BCUT2D eigenvalue weighted by Crippen LogP contribution is -2.32. The van der Waals surface area contributed by atoms with Gasteiger partial charge < -0.3 is 20.4 Å². The minimum Gasteiger partial charge on any atom is -0.396 e. The van der Waals surface area contributed by atoms with Gasteiger partial charge in [-0.15, -0.1) is 0 Å². The van der Waals surface area contributed by atoms with Crippen molar-refractivity contribution in [3.63, 3.8) is 0 Å². The molecule has 0 unspecified atom stereocenters. The minimum absolute atomic E-state index is 0.111. The van der Waals surface area contributed by atoms with Crippen molar-refractivity contribution >= 4 is 32.7 Å². The van der Waals surface area contributed by atoms with Crippen LogP contribution >= 0.6 is 15.9 Å². The van der Waals surface area contributed by atoms with Gasteiger partial charge in [-0.05, 0) is 40.9 Å². The van der Waals surface area contributed by atoms with Crippen LogP contribution in [0, 0.1) is 5.41 Å². The van der Waals surface area contributed by atoms with Crippen LogP contribution in [0.4, 0.5) is 5.69 Å². The standard InChI is InChI=1S/C14H20BrN3O2/c1-3-14(4-2,8-19)7-16-10-6-12-11(5-9(10)15)17-13(20)18-12/h5-6,16,19H,3-4,7-8H2,1-2H3,(H2,17,18,20). The number of imidazole rings is 1. The van der Waals surface area contributed by atoms with Gasteiger partial charge >= 0.3 is 5.69 Å². The van der Waals surface area contributed by atoms with E-state index in [1.54, 1.807) is 0 Å². The summed E-state index contributed by atoms with van der Waals surface area (Å²) in [6, 6.07) is 3.76. The first kappa shape index (κ1) is 15.1. The molecule has 0 saturated heterocycles. The van der Waals surface area contributed by atoms with E-state index in [1.165, 1.54) is 0 Å². The second-order valence-electron chi connectivity index (χ2n) is 5.18. The maximum absolute atomic E-state index is 11.3. The summed E-state index contributed by atoms with van der Waals surface area (Å²) in [5, 5.41) is 13.0. The Balaban J connectivity index is 2.25. The predicted molar refractivity (Wildman–Crippen MR) is 85.2 cm³/mol. The van der Waals surface area contributed by atoms with Crippen LogP contribution in [0.1, 0.15) is 26.7 Å². The lowest BCUT2D eigenvalue weighted by atomic mass is 9.83. The zero-order valence-corrected chi connectivity index (χ0v) is 13.3. The summed E-state index contributed by atoms with van der Waals surface area (Å²) in [5.74, 6) is 0. The third kappa shape index (κ3) is 2.91. The van der Waals surface area contributed by atoms with E-state index in [0.717, 1.165) is 34.0 Å². The van der Waals surface area contributed by atoms with Crippen LogP contribution in [0.3, 0.4) is 0 Å². The van der Waals surface area contributed by atoms with E-state index in [4.69, 9.17) is 0 Å². The number of aliphatic hydroxyl groups excluding tert-OH is 1. The zero-order chi connectivity index (χ0) is 14.8. The lowest BCUT2D eigenvalue weighted by molar-refractivity contribution is 0.127. The Kier molecular flexibility index (Phi) is 4.55. The number of nitrogens with one attached hydrogen (secondary N) is 3. The van der Waals surface area contributed by atoms with E-state index in [-0.39, 0.29) is 17.7 Å². The molecule has 2 aromatic rings. The lowest BCUT2D eigenvalue weighted by Gasteiger charge is -2.30. The number of aromatic amines is 2. The highest BCUT2D eigenvalue weighted by Gasteiger charge is 2.25. The fourth-order valence-electron chi connectivity index (χ4n) is 2.25. The van der Waals surface area contributed by atoms with Crippen LogP contribution in [0.15, 0.2) is 21.4 Å². The molecular formula is C14H20BrN3O2. The molecule has 0 aliphatic rings. The molecule has 1 heterocycles. The summed E-state index contributed by atoms with van der Waals surface area (Å²) in [6.45, 7) is 5.02. The van der Waals surface area contributed by atoms with Gasteiger partial charge in [-0.2, -0.15) is 0 Å². The molecule has 0 aliphatic heterocycles. The fraction of sp³-hybridized carbons (Fsp3) is 0.500. The second-order valence-corrected chi connectivity index (χ2v) is 6.03. The van der Waals surface area contributed by atoms with Crippen LogP contribution in [-0.2, 0) is 0 Å². The van der Waals surface area contributed by atoms with Gasteiger partial charge in [0.1, 0.15) is 0 Å². The van der Waals surface area contributed by atoms with Gasteiger partial charge in [0.2, 0.25) is 0 Å². The van der Waals surface area contributed by atoms with Crippen molar-refractivity contribution in [2.24, 2.45) is 5.41 Å². The zero-order valence-electron chi connectivity index (χ0n) is 11.7. The van der Waals surface area contributed by atoms with Crippen molar-refractivity contribution in [2.75, 3.05) is 18.5 Å². The third-order valence-electron chi connectivity index (χ3n) is 4.09. The molecule has 20 heavy (non-hydrogen) atoms. The highest BCUT2D eigenvalue weighted by molar-refractivity contribution is 9.10. The molecule has 1 aromatic carbocycles. The van der Waals surface area contributed by atoms with E-state index < -0.39 is 0 Å². The number of hydrogen-bond donors (Lipinski definition) is 4.